The maximum Gasteiger partial charge on any atom is 0.239 e. The Bertz CT molecular complexity index is 739. The molecule has 21 heavy (non-hydrogen) atoms. The number of nitrogens with one attached hydrogen (secondary N) is 1. The van der Waals surface area contributed by atoms with Crippen molar-refractivity contribution in [1.29, 1.82) is 0 Å². The van der Waals surface area contributed by atoms with Crippen molar-refractivity contribution in [3.05, 3.63) is 28.2 Å². The van der Waals surface area contributed by atoms with Crippen LogP contribution in [0, 0.1) is 13.8 Å². The summed E-state index contributed by atoms with van der Waals surface area (Å²) in [5, 5.41) is 5.20. The zero-order valence-electron chi connectivity index (χ0n) is 12.7. The van der Waals surface area contributed by atoms with Crippen molar-refractivity contribution in [1.82, 2.24) is 10.1 Å². The Balaban J connectivity index is 2.14. The van der Waals surface area contributed by atoms with Gasteiger partial charge < -0.3 is 4.52 Å². The number of aromatic nitrogens is 2. The minimum atomic E-state index is -3.53. The van der Waals surface area contributed by atoms with Gasteiger partial charge in [-0.25, -0.2) is 13.4 Å². The highest BCUT2D eigenvalue weighted by atomic mass is 32.2. The van der Waals surface area contributed by atoms with Crippen molar-refractivity contribution in [2.45, 2.75) is 45.8 Å². The molecule has 8 heteroatoms. The number of aryl methyl sites for hydroxylation is 2. The first kappa shape index (κ1) is 16.0. The molecule has 1 N–H and O–H groups in total. The molecule has 0 atom stereocenters. The summed E-state index contributed by atoms with van der Waals surface area (Å²) in [7, 11) is -3.53. The van der Waals surface area contributed by atoms with E-state index in [1.165, 1.54) is 11.3 Å². The highest BCUT2D eigenvalue weighted by Gasteiger charge is 2.22. The van der Waals surface area contributed by atoms with E-state index in [-0.39, 0.29) is 11.2 Å². The van der Waals surface area contributed by atoms with Crippen LogP contribution < -0.4 is 4.72 Å². The normalized spacial score (nSPS) is 12.6. The summed E-state index contributed by atoms with van der Waals surface area (Å²) in [4.78, 5) is 4.20. The first-order valence-corrected chi connectivity index (χ1v) is 8.94. The Labute approximate surface area is 128 Å². The van der Waals surface area contributed by atoms with Crippen molar-refractivity contribution >= 4 is 26.4 Å². The number of hydrogen-bond acceptors (Lipinski definition) is 6. The molecule has 0 amide bonds. The first-order valence-electron chi connectivity index (χ1n) is 6.47. The molecule has 0 saturated heterocycles. The minimum Gasteiger partial charge on any atom is -0.361 e. The van der Waals surface area contributed by atoms with Crippen molar-refractivity contribution in [3.8, 4) is 0 Å². The molecule has 116 valence electrons. The Kier molecular flexibility index (Phi) is 4.12. The molecule has 2 aromatic rings. The molecule has 0 fully saturated rings. The van der Waals surface area contributed by atoms with Crippen LogP contribution in [0.2, 0.25) is 0 Å². The van der Waals surface area contributed by atoms with Crippen LogP contribution in [0.15, 0.2) is 10.6 Å². The monoisotopic (exact) mass is 329 g/mol. The van der Waals surface area contributed by atoms with Gasteiger partial charge >= 0.3 is 0 Å². The van der Waals surface area contributed by atoms with Crippen molar-refractivity contribution < 1.29 is 12.9 Å². The average molecular weight is 329 g/mol. The van der Waals surface area contributed by atoms with E-state index in [1.807, 2.05) is 27.7 Å². The Morgan fingerprint density at radius 2 is 2.00 bits per heavy atom. The lowest BCUT2D eigenvalue weighted by Gasteiger charge is -2.12. The molecule has 0 saturated carbocycles. The van der Waals surface area contributed by atoms with Gasteiger partial charge in [-0.2, -0.15) is 0 Å². The van der Waals surface area contributed by atoms with Crippen LogP contribution in [-0.4, -0.2) is 18.6 Å². The molecule has 2 aromatic heterocycles. The van der Waals surface area contributed by atoms with E-state index < -0.39 is 10.0 Å². The number of sulfonamides is 1. The van der Waals surface area contributed by atoms with Crippen molar-refractivity contribution in [2.75, 3.05) is 4.72 Å². The predicted octanol–water partition coefficient (Wildman–Crippen LogP) is 2.99. The van der Waals surface area contributed by atoms with E-state index in [0.717, 1.165) is 5.01 Å². The molecule has 0 aliphatic carbocycles. The van der Waals surface area contributed by atoms with Gasteiger partial charge in [-0.3, -0.25) is 4.72 Å². The third-order valence-electron chi connectivity index (χ3n) is 2.79. The van der Waals surface area contributed by atoms with Gasteiger partial charge in [0, 0.05) is 11.5 Å². The van der Waals surface area contributed by atoms with Gasteiger partial charge in [0.1, 0.15) is 22.2 Å². The number of anilines is 1. The number of hydrogen-bond donors (Lipinski definition) is 1. The quantitative estimate of drug-likeness (QED) is 0.932. The molecule has 2 heterocycles. The number of rotatable bonds is 4. The third kappa shape index (κ3) is 4.04. The zero-order chi connectivity index (χ0) is 15.8. The average Bonchev–Trinajstić information content (AvgIpc) is 2.85. The zero-order valence-corrected chi connectivity index (χ0v) is 14.4. The SMILES string of the molecule is Cc1nc(C)c(NS(=O)(=O)Cc2cc(C(C)(C)C)on2)s1. The van der Waals surface area contributed by atoms with E-state index >= 15 is 0 Å². The lowest BCUT2D eigenvalue weighted by Crippen LogP contribution is -2.15. The summed E-state index contributed by atoms with van der Waals surface area (Å²) in [6.07, 6.45) is 0. The van der Waals surface area contributed by atoms with Crippen LogP contribution in [0.1, 0.15) is 42.9 Å². The molecule has 2 rings (SSSR count). The van der Waals surface area contributed by atoms with Crippen molar-refractivity contribution in [2.24, 2.45) is 0 Å². The lowest BCUT2D eigenvalue weighted by atomic mass is 9.93. The predicted molar refractivity (Wildman–Crippen MR) is 83.0 cm³/mol. The second kappa shape index (κ2) is 5.42. The topological polar surface area (TPSA) is 85.1 Å². The van der Waals surface area contributed by atoms with Gasteiger partial charge in [-0.05, 0) is 13.8 Å². The molecule has 0 unspecified atom stereocenters. The summed E-state index contributed by atoms with van der Waals surface area (Å²) in [6.45, 7) is 9.55. The first-order chi connectivity index (χ1) is 9.57. The lowest BCUT2D eigenvalue weighted by molar-refractivity contribution is 0.327. The fourth-order valence-electron chi connectivity index (χ4n) is 1.73. The van der Waals surface area contributed by atoms with Crippen LogP contribution in [0.3, 0.4) is 0 Å². The molecule has 0 aliphatic heterocycles. The van der Waals surface area contributed by atoms with E-state index in [0.29, 0.717) is 22.1 Å². The Morgan fingerprint density at radius 1 is 1.33 bits per heavy atom. The molecule has 0 spiro atoms. The highest BCUT2D eigenvalue weighted by molar-refractivity contribution is 7.92. The van der Waals surface area contributed by atoms with Gasteiger partial charge in [0.15, 0.2) is 0 Å². The van der Waals surface area contributed by atoms with Gasteiger partial charge in [-0.15, -0.1) is 11.3 Å². The van der Waals surface area contributed by atoms with E-state index in [2.05, 4.69) is 14.9 Å². The second-order valence-corrected chi connectivity index (χ2v) is 8.87. The molecular formula is C13H19N3O3S2. The smallest absolute Gasteiger partial charge is 0.239 e. The summed E-state index contributed by atoms with van der Waals surface area (Å²) in [5.74, 6) is 0.445. The fraction of sp³-hybridized carbons (Fsp3) is 0.538. The fourth-order valence-corrected chi connectivity index (χ4v) is 3.98. The molecular weight excluding hydrogens is 310 g/mol. The van der Waals surface area contributed by atoms with E-state index in [9.17, 15) is 8.42 Å². The maximum atomic E-state index is 12.2. The number of nitrogens with zero attached hydrogens (tertiary/aromatic N) is 2. The van der Waals surface area contributed by atoms with Crippen LogP contribution in [0.5, 0.6) is 0 Å². The third-order valence-corrected chi connectivity index (χ3v) is 5.10. The van der Waals surface area contributed by atoms with Gasteiger partial charge in [0.2, 0.25) is 10.0 Å². The van der Waals surface area contributed by atoms with Crippen LogP contribution in [-0.2, 0) is 21.2 Å². The standard InChI is InChI=1S/C13H19N3O3S2/c1-8-12(20-9(2)14-8)16-21(17,18)7-10-6-11(19-15-10)13(3,4)5/h6,16H,7H2,1-5H3. The van der Waals surface area contributed by atoms with Crippen LogP contribution in [0.25, 0.3) is 0 Å². The van der Waals surface area contributed by atoms with Gasteiger partial charge in [0.05, 0.1) is 10.7 Å². The van der Waals surface area contributed by atoms with Gasteiger partial charge in [-0.1, -0.05) is 25.9 Å². The largest absolute Gasteiger partial charge is 0.361 e. The summed E-state index contributed by atoms with van der Waals surface area (Å²) in [6, 6.07) is 1.68. The summed E-state index contributed by atoms with van der Waals surface area (Å²) < 4.78 is 32.1. The Hall–Kier alpha value is -1.41. The molecule has 6 nitrogen and oxygen atoms in total. The maximum absolute atomic E-state index is 12.2. The minimum absolute atomic E-state index is 0.201. The van der Waals surface area contributed by atoms with Crippen LogP contribution in [0.4, 0.5) is 5.00 Å². The molecule has 0 aromatic carbocycles. The van der Waals surface area contributed by atoms with Crippen molar-refractivity contribution in [3.63, 3.8) is 0 Å². The number of thiazole rings is 1. The molecule has 0 bridgehead atoms. The summed E-state index contributed by atoms with van der Waals surface area (Å²) >= 11 is 1.32. The van der Waals surface area contributed by atoms with E-state index in [1.54, 1.807) is 13.0 Å². The molecule has 0 radical (unpaired) electrons. The van der Waals surface area contributed by atoms with Crippen LogP contribution >= 0.6 is 11.3 Å². The highest BCUT2D eigenvalue weighted by Crippen LogP contribution is 2.26. The second-order valence-electron chi connectivity index (χ2n) is 5.94. The molecule has 0 aliphatic rings. The Morgan fingerprint density at radius 3 is 2.48 bits per heavy atom. The van der Waals surface area contributed by atoms with Gasteiger partial charge in [0.25, 0.3) is 0 Å². The van der Waals surface area contributed by atoms with E-state index in [4.69, 9.17) is 4.52 Å². The summed E-state index contributed by atoms with van der Waals surface area (Å²) in [5.41, 5.74) is 0.872.